The Hall–Kier alpha value is -4.23. The van der Waals surface area contributed by atoms with E-state index < -0.39 is 53.4 Å². The monoisotopic (exact) mass is 572 g/mol. The van der Waals surface area contributed by atoms with Crippen LogP contribution in [-0.4, -0.2) is 63.5 Å². The number of para-hydroxylation sites is 1. The first-order chi connectivity index (χ1) is 18.5. The zero-order valence-corrected chi connectivity index (χ0v) is 21.3. The maximum absolute atomic E-state index is 13.2. The zero-order chi connectivity index (χ0) is 30.0. The molecule has 14 heteroatoms. The summed E-state index contributed by atoms with van der Waals surface area (Å²) in [5.41, 5.74) is 2.19. The molecule has 2 unspecified atom stereocenters. The van der Waals surface area contributed by atoms with Gasteiger partial charge in [-0.2, -0.15) is 26.3 Å². The standard InChI is InChI=1S/C22H18F6N2O3.C4H8N2O/c1-30(16(10-19(31)32)8-13-11-29-18-5-3-2-4-17(13)18)20(33)12-6-14(21(23,24)25)9-15(7-12)22(26,27)28;1-3-2-6(3)4(5)7/h2-7,9,11,16,29H,8,10H2,1H3,(H,31,32);3H,2H2,1H3,(H2,5,7). The number of aromatic nitrogens is 1. The number of halogens is 6. The predicted octanol–water partition coefficient (Wildman–Crippen LogP) is 5.13. The van der Waals surface area contributed by atoms with Gasteiger partial charge in [0.1, 0.15) is 0 Å². The van der Waals surface area contributed by atoms with Gasteiger partial charge < -0.3 is 25.6 Å². The fourth-order valence-electron chi connectivity index (χ4n) is 4.09. The van der Waals surface area contributed by atoms with Crippen molar-refractivity contribution < 1.29 is 45.8 Å². The number of hydrogen-bond acceptors (Lipinski definition) is 3. The van der Waals surface area contributed by atoms with Gasteiger partial charge in [0.05, 0.1) is 17.5 Å². The quantitative estimate of drug-likeness (QED) is 0.280. The van der Waals surface area contributed by atoms with E-state index in [1.165, 1.54) is 0 Å². The number of primary amides is 1. The molecule has 1 fully saturated rings. The highest BCUT2D eigenvalue weighted by molar-refractivity contribution is 5.95. The Labute approximate surface area is 224 Å². The van der Waals surface area contributed by atoms with Crippen LogP contribution in [0.15, 0.2) is 48.7 Å². The molecule has 4 rings (SSSR count). The summed E-state index contributed by atoms with van der Waals surface area (Å²) >= 11 is 0. The number of nitrogens with zero attached hydrogens (tertiary/aromatic N) is 2. The number of carbonyl (C=O) groups is 3. The molecule has 1 aromatic heterocycles. The molecule has 2 aromatic carbocycles. The number of hydrogen-bond donors (Lipinski definition) is 3. The lowest BCUT2D eigenvalue weighted by Crippen LogP contribution is -2.40. The number of nitrogens with one attached hydrogen (secondary N) is 1. The summed E-state index contributed by atoms with van der Waals surface area (Å²) in [5.74, 6) is -2.43. The Morgan fingerprint density at radius 3 is 2.08 bits per heavy atom. The molecular formula is C26H26F6N4O4. The molecule has 2 heterocycles. The highest BCUT2D eigenvalue weighted by atomic mass is 19.4. The topological polar surface area (TPSA) is 120 Å². The number of amides is 3. The van der Waals surface area contributed by atoms with Gasteiger partial charge in [-0.25, -0.2) is 4.79 Å². The minimum absolute atomic E-state index is 0.0175. The lowest BCUT2D eigenvalue weighted by molar-refractivity contribution is -0.143. The molecular weight excluding hydrogens is 546 g/mol. The van der Waals surface area contributed by atoms with Gasteiger partial charge in [0.2, 0.25) is 0 Å². The maximum atomic E-state index is 13.2. The molecule has 0 saturated carbocycles. The summed E-state index contributed by atoms with van der Waals surface area (Å²) in [7, 11) is 1.15. The van der Waals surface area contributed by atoms with Crippen LogP contribution in [-0.2, 0) is 23.6 Å². The highest BCUT2D eigenvalue weighted by Crippen LogP contribution is 2.36. The van der Waals surface area contributed by atoms with E-state index in [2.05, 4.69) is 4.98 Å². The van der Waals surface area contributed by atoms with Gasteiger partial charge in [0.15, 0.2) is 0 Å². The molecule has 0 spiro atoms. The third-order valence-corrected chi connectivity index (χ3v) is 6.39. The van der Waals surface area contributed by atoms with E-state index in [-0.39, 0.29) is 18.5 Å². The number of urea groups is 1. The molecule has 4 N–H and O–H groups in total. The molecule has 1 aliphatic rings. The van der Waals surface area contributed by atoms with Crippen molar-refractivity contribution in [2.45, 2.75) is 44.2 Å². The van der Waals surface area contributed by atoms with Crippen LogP contribution >= 0.6 is 0 Å². The molecule has 3 aromatic rings. The molecule has 216 valence electrons. The number of nitrogens with two attached hydrogens (primary N) is 1. The minimum atomic E-state index is -5.11. The zero-order valence-electron chi connectivity index (χ0n) is 21.3. The summed E-state index contributed by atoms with van der Waals surface area (Å²) < 4.78 is 78.9. The predicted molar refractivity (Wildman–Crippen MR) is 132 cm³/mol. The van der Waals surface area contributed by atoms with Crippen LogP contribution in [0.4, 0.5) is 31.1 Å². The van der Waals surface area contributed by atoms with Crippen LogP contribution in [0.25, 0.3) is 10.9 Å². The van der Waals surface area contributed by atoms with Crippen LogP contribution < -0.4 is 5.73 Å². The smallest absolute Gasteiger partial charge is 0.416 e. The second-order valence-corrected chi connectivity index (χ2v) is 9.37. The van der Waals surface area contributed by atoms with Crippen LogP contribution in [0.3, 0.4) is 0 Å². The van der Waals surface area contributed by atoms with Crippen molar-refractivity contribution in [3.05, 3.63) is 70.9 Å². The van der Waals surface area contributed by atoms with Crippen molar-refractivity contribution in [1.29, 1.82) is 0 Å². The number of H-pyrrole nitrogens is 1. The number of likely N-dealkylation sites (N-methyl/N-ethyl adjacent to an activating group) is 1. The van der Waals surface area contributed by atoms with Crippen molar-refractivity contribution in [2.24, 2.45) is 5.73 Å². The van der Waals surface area contributed by atoms with Gasteiger partial charge in [-0.3, -0.25) is 9.59 Å². The summed E-state index contributed by atoms with van der Waals surface area (Å²) in [6.07, 6.45) is -9.15. The molecule has 0 aliphatic carbocycles. The SMILES string of the molecule is CC1CN1C(N)=O.CN(C(=O)c1cc(C(F)(F)F)cc(C(F)(F)F)c1)C(CC(=O)O)Cc1c[nH]c2ccccc12. The summed E-state index contributed by atoms with van der Waals surface area (Å²) in [6.45, 7) is 2.81. The summed E-state index contributed by atoms with van der Waals surface area (Å²) in [6, 6.07) is 6.74. The first-order valence-electron chi connectivity index (χ1n) is 11.9. The average molecular weight is 573 g/mol. The van der Waals surface area contributed by atoms with Crippen molar-refractivity contribution in [1.82, 2.24) is 14.8 Å². The van der Waals surface area contributed by atoms with Crippen molar-refractivity contribution >= 4 is 28.8 Å². The van der Waals surface area contributed by atoms with E-state index in [0.717, 1.165) is 29.4 Å². The first-order valence-corrected chi connectivity index (χ1v) is 11.9. The van der Waals surface area contributed by atoms with Crippen molar-refractivity contribution in [2.75, 3.05) is 13.6 Å². The Balaban J connectivity index is 0.000000547. The largest absolute Gasteiger partial charge is 0.481 e. The number of benzene rings is 2. The lowest BCUT2D eigenvalue weighted by atomic mass is 9.99. The normalized spacial score (nSPS) is 15.7. The molecule has 8 nitrogen and oxygen atoms in total. The third-order valence-electron chi connectivity index (χ3n) is 6.39. The van der Waals surface area contributed by atoms with Gasteiger partial charge in [-0.05, 0) is 43.2 Å². The number of aromatic amines is 1. The number of fused-ring (bicyclic) bond motifs is 1. The summed E-state index contributed by atoms with van der Waals surface area (Å²) in [5, 5.41) is 10.0. The molecule has 40 heavy (non-hydrogen) atoms. The fraction of sp³-hybridized carbons (Fsp3) is 0.346. The number of rotatable bonds is 6. The third kappa shape index (κ3) is 7.45. The maximum Gasteiger partial charge on any atom is 0.416 e. The van der Waals surface area contributed by atoms with Crippen LogP contribution in [0, 0.1) is 0 Å². The molecule has 1 saturated heterocycles. The molecule has 0 bridgehead atoms. The average Bonchev–Trinajstić information content (AvgIpc) is 3.48. The Morgan fingerprint density at radius 1 is 1.07 bits per heavy atom. The van der Waals surface area contributed by atoms with E-state index in [9.17, 15) is 45.8 Å². The van der Waals surface area contributed by atoms with Crippen LogP contribution in [0.1, 0.15) is 40.4 Å². The van der Waals surface area contributed by atoms with Gasteiger partial charge in [0, 0.05) is 48.3 Å². The van der Waals surface area contributed by atoms with E-state index in [4.69, 9.17) is 5.73 Å². The van der Waals surface area contributed by atoms with E-state index in [1.807, 2.05) is 6.92 Å². The number of carboxylic acids is 1. The van der Waals surface area contributed by atoms with E-state index >= 15 is 0 Å². The number of aliphatic carboxylic acids is 1. The van der Waals surface area contributed by atoms with E-state index in [0.29, 0.717) is 23.7 Å². The fourth-order valence-corrected chi connectivity index (χ4v) is 4.09. The number of carbonyl (C=O) groups excluding carboxylic acids is 2. The first kappa shape index (κ1) is 30.3. The summed E-state index contributed by atoms with van der Waals surface area (Å²) in [4.78, 5) is 39.9. The molecule has 3 amide bonds. The Morgan fingerprint density at radius 2 is 1.62 bits per heavy atom. The second kappa shape index (κ2) is 11.5. The van der Waals surface area contributed by atoms with Gasteiger partial charge in [-0.15, -0.1) is 0 Å². The number of alkyl halides is 6. The van der Waals surface area contributed by atoms with Crippen molar-refractivity contribution in [3.63, 3.8) is 0 Å². The van der Waals surface area contributed by atoms with Gasteiger partial charge in [-0.1, -0.05) is 18.2 Å². The highest BCUT2D eigenvalue weighted by Gasteiger charge is 2.38. The van der Waals surface area contributed by atoms with Crippen LogP contribution in [0.5, 0.6) is 0 Å². The van der Waals surface area contributed by atoms with Crippen LogP contribution in [0.2, 0.25) is 0 Å². The van der Waals surface area contributed by atoms with Gasteiger partial charge >= 0.3 is 24.4 Å². The van der Waals surface area contributed by atoms with Gasteiger partial charge in [0.25, 0.3) is 5.91 Å². The molecule has 1 aliphatic heterocycles. The number of carboxylic acid groups (broad SMARTS) is 1. The lowest BCUT2D eigenvalue weighted by Gasteiger charge is -2.28. The molecule has 2 atom stereocenters. The minimum Gasteiger partial charge on any atom is -0.481 e. The molecule has 0 radical (unpaired) electrons. The van der Waals surface area contributed by atoms with E-state index in [1.54, 1.807) is 35.4 Å². The Kier molecular flexibility index (Phi) is 8.70. The Bertz CT molecular complexity index is 1370. The second-order valence-electron chi connectivity index (χ2n) is 9.37. The van der Waals surface area contributed by atoms with Crippen molar-refractivity contribution in [3.8, 4) is 0 Å².